The van der Waals surface area contributed by atoms with Crippen LogP contribution >= 0.6 is 27.5 Å². The van der Waals surface area contributed by atoms with Gasteiger partial charge in [0, 0.05) is 5.02 Å². The first-order chi connectivity index (χ1) is 9.47. The maximum Gasteiger partial charge on any atom is 0.205 e. The summed E-state index contributed by atoms with van der Waals surface area (Å²) < 4.78 is 15.9. The number of fused-ring (bicyclic) bond motifs is 1. The predicted molar refractivity (Wildman–Crippen MR) is 82.9 cm³/mol. The molecule has 6 heteroatoms. The van der Waals surface area contributed by atoms with Crippen molar-refractivity contribution in [1.29, 1.82) is 0 Å². The van der Waals surface area contributed by atoms with Crippen molar-refractivity contribution in [1.82, 2.24) is 9.55 Å². The van der Waals surface area contributed by atoms with Gasteiger partial charge in [-0.05, 0) is 58.7 Å². The standard InChI is InChI=1S/C14H10BrClFN3/c1-7-4-9(15)10(17)6-13(7)20-12-3-2-8(16)5-11(12)19-14(20)18/h2-6H,1H3,(H2,18,19). The first kappa shape index (κ1) is 13.4. The van der Waals surface area contributed by atoms with Crippen molar-refractivity contribution in [2.24, 2.45) is 0 Å². The van der Waals surface area contributed by atoms with Gasteiger partial charge in [0.15, 0.2) is 0 Å². The van der Waals surface area contributed by atoms with Gasteiger partial charge in [0.1, 0.15) is 5.82 Å². The highest BCUT2D eigenvalue weighted by Crippen LogP contribution is 2.29. The van der Waals surface area contributed by atoms with E-state index in [9.17, 15) is 4.39 Å². The number of hydrogen-bond donors (Lipinski definition) is 1. The molecule has 1 heterocycles. The van der Waals surface area contributed by atoms with Gasteiger partial charge >= 0.3 is 0 Å². The average Bonchev–Trinajstić information content (AvgIpc) is 2.69. The number of aromatic nitrogens is 2. The topological polar surface area (TPSA) is 43.8 Å². The summed E-state index contributed by atoms with van der Waals surface area (Å²) in [6, 6.07) is 8.46. The van der Waals surface area contributed by atoms with Gasteiger partial charge in [-0.2, -0.15) is 0 Å². The van der Waals surface area contributed by atoms with Crippen LogP contribution in [0.1, 0.15) is 5.56 Å². The number of anilines is 1. The second-order valence-corrected chi connectivity index (χ2v) is 5.78. The minimum atomic E-state index is -0.346. The van der Waals surface area contributed by atoms with Crippen molar-refractivity contribution in [3.63, 3.8) is 0 Å². The van der Waals surface area contributed by atoms with E-state index in [1.807, 2.05) is 13.0 Å². The Balaban J connectivity index is 2.35. The molecule has 0 fully saturated rings. The summed E-state index contributed by atoms with van der Waals surface area (Å²) >= 11 is 9.12. The van der Waals surface area contributed by atoms with Crippen LogP contribution in [0.4, 0.5) is 10.3 Å². The van der Waals surface area contributed by atoms with Gasteiger partial charge in [-0.25, -0.2) is 9.37 Å². The van der Waals surface area contributed by atoms with Gasteiger partial charge in [-0.3, -0.25) is 4.57 Å². The molecule has 1 aromatic heterocycles. The Kier molecular flexibility index (Phi) is 3.18. The average molecular weight is 355 g/mol. The fraction of sp³-hybridized carbons (Fsp3) is 0.0714. The highest BCUT2D eigenvalue weighted by molar-refractivity contribution is 9.10. The lowest BCUT2D eigenvalue weighted by molar-refractivity contribution is 0.619. The monoisotopic (exact) mass is 353 g/mol. The first-order valence-corrected chi connectivity index (χ1v) is 7.04. The molecular weight excluding hydrogens is 345 g/mol. The number of aryl methyl sites for hydroxylation is 1. The number of nitrogens with two attached hydrogens (primary N) is 1. The highest BCUT2D eigenvalue weighted by atomic mass is 79.9. The third-order valence-electron chi connectivity index (χ3n) is 3.12. The molecule has 0 unspecified atom stereocenters. The minimum Gasteiger partial charge on any atom is -0.369 e. The van der Waals surface area contributed by atoms with Gasteiger partial charge in [-0.15, -0.1) is 0 Å². The summed E-state index contributed by atoms with van der Waals surface area (Å²) in [5.74, 6) is -0.0482. The molecule has 3 aromatic rings. The number of rotatable bonds is 1. The van der Waals surface area contributed by atoms with Gasteiger partial charge in [0.25, 0.3) is 0 Å². The van der Waals surface area contributed by atoms with Crippen LogP contribution in [-0.2, 0) is 0 Å². The van der Waals surface area contributed by atoms with E-state index in [0.717, 1.165) is 11.1 Å². The Morgan fingerprint density at radius 3 is 2.80 bits per heavy atom. The number of benzene rings is 2. The van der Waals surface area contributed by atoms with Crippen LogP contribution < -0.4 is 5.73 Å². The Morgan fingerprint density at radius 1 is 1.30 bits per heavy atom. The smallest absolute Gasteiger partial charge is 0.205 e. The number of imidazole rings is 1. The van der Waals surface area contributed by atoms with E-state index in [-0.39, 0.29) is 5.82 Å². The maximum atomic E-state index is 13.8. The Morgan fingerprint density at radius 2 is 2.05 bits per heavy atom. The molecule has 20 heavy (non-hydrogen) atoms. The Bertz CT molecular complexity index is 829. The van der Waals surface area contributed by atoms with Gasteiger partial charge in [0.05, 0.1) is 21.2 Å². The predicted octanol–water partition coefficient (Wildman–Crippen LogP) is 4.47. The van der Waals surface area contributed by atoms with E-state index < -0.39 is 0 Å². The number of nitrogens with zero attached hydrogens (tertiary/aromatic N) is 2. The van der Waals surface area contributed by atoms with Crippen molar-refractivity contribution in [3.05, 3.63) is 51.2 Å². The molecule has 0 atom stereocenters. The lowest BCUT2D eigenvalue weighted by atomic mass is 10.2. The fourth-order valence-electron chi connectivity index (χ4n) is 2.20. The van der Waals surface area contributed by atoms with E-state index in [0.29, 0.717) is 26.6 Å². The molecule has 3 nitrogen and oxygen atoms in total. The molecule has 0 saturated carbocycles. The number of halogens is 3. The van der Waals surface area contributed by atoms with Crippen LogP contribution in [0.5, 0.6) is 0 Å². The van der Waals surface area contributed by atoms with Crippen LogP contribution in [0, 0.1) is 12.7 Å². The van der Waals surface area contributed by atoms with Crippen molar-refractivity contribution in [2.75, 3.05) is 5.73 Å². The van der Waals surface area contributed by atoms with E-state index in [1.165, 1.54) is 6.07 Å². The minimum absolute atomic E-state index is 0.298. The number of nitrogen functional groups attached to an aromatic ring is 1. The van der Waals surface area contributed by atoms with Gasteiger partial charge in [0.2, 0.25) is 5.95 Å². The Hall–Kier alpha value is -1.59. The molecule has 3 rings (SSSR count). The lowest BCUT2D eigenvalue weighted by Crippen LogP contribution is -2.03. The number of hydrogen-bond acceptors (Lipinski definition) is 2. The first-order valence-electron chi connectivity index (χ1n) is 5.87. The lowest BCUT2D eigenvalue weighted by Gasteiger charge is -2.11. The van der Waals surface area contributed by atoms with Crippen molar-refractivity contribution >= 4 is 44.5 Å². The summed E-state index contributed by atoms with van der Waals surface area (Å²) in [6.45, 7) is 1.89. The third kappa shape index (κ3) is 2.07. The molecule has 0 aliphatic rings. The Labute approximate surface area is 128 Å². The van der Waals surface area contributed by atoms with E-state index in [2.05, 4.69) is 20.9 Å². The van der Waals surface area contributed by atoms with E-state index in [4.69, 9.17) is 17.3 Å². The van der Waals surface area contributed by atoms with Crippen LogP contribution in [0.25, 0.3) is 16.7 Å². The fourth-order valence-corrected chi connectivity index (χ4v) is 2.83. The van der Waals surface area contributed by atoms with Gasteiger partial charge in [-0.1, -0.05) is 11.6 Å². The molecular formula is C14H10BrClFN3. The molecule has 0 saturated heterocycles. The molecule has 0 radical (unpaired) electrons. The van der Waals surface area contributed by atoms with Gasteiger partial charge < -0.3 is 5.73 Å². The summed E-state index contributed by atoms with van der Waals surface area (Å²) in [5, 5.41) is 0.584. The molecule has 0 amide bonds. The quantitative estimate of drug-likeness (QED) is 0.700. The van der Waals surface area contributed by atoms with E-state index >= 15 is 0 Å². The molecule has 102 valence electrons. The zero-order valence-corrected chi connectivity index (χ0v) is 12.8. The van der Waals surface area contributed by atoms with Crippen molar-refractivity contribution in [3.8, 4) is 5.69 Å². The summed E-state index contributed by atoms with van der Waals surface area (Å²) in [6.07, 6.45) is 0. The second kappa shape index (κ2) is 4.75. The molecule has 0 spiro atoms. The summed E-state index contributed by atoms with van der Waals surface area (Å²) in [7, 11) is 0. The summed E-state index contributed by atoms with van der Waals surface area (Å²) in [4.78, 5) is 4.27. The normalized spacial score (nSPS) is 11.2. The van der Waals surface area contributed by atoms with Crippen molar-refractivity contribution < 1.29 is 4.39 Å². The third-order valence-corrected chi connectivity index (χ3v) is 3.97. The highest BCUT2D eigenvalue weighted by Gasteiger charge is 2.14. The SMILES string of the molecule is Cc1cc(Br)c(F)cc1-n1c(N)nc2cc(Cl)ccc21. The van der Waals surface area contributed by atoms with Crippen LogP contribution in [0.15, 0.2) is 34.8 Å². The summed E-state index contributed by atoms with van der Waals surface area (Å²) in [5.41, 5.74) is 8.98. The van der Waals surface area contributed by atoms with Crippen LogP contribution in [-0.4, -0.2) is 9.55 Å². The zero-order chi connectivity index (χ0) is 14.4. The zero-order valence-electron chi connectivity index (χ0n) is 10.5. The van der Waals surface area contributed by atoms with Crippen molar-refractivity contribution in [2.45, 2.75) is 6.92 Å². The molecule has 0 bridgehead atoms. The second-order valence-electron chi connectivity index (χ2n) is 4.49. The largest absolute Gasteiger partial charge is 0.369 e. The molecule has 0 aliphatic heterocycles. The van der Waals surface area contributed by atoms with Crippen LogP contribution in [0.3, 0.4) is 0 Å². The molecule has 2 N–H and O–H groups in total. The molecule has 2 aromatic carbocycles. The molecule has 0 aliphatic carbocycles. The van der Waals surface area contributed by atoms with E-state index in [1.54, 1.807) is 22.8 Å². The van der Waals surface area contributed by atoms with Crippen LogP contribution in [0.2, 0.25) is 5.02 Å². The maximum absolute atomic E-state index is 13.8.